The van der Waals surface area contributed by atoms with Gasteiger partial charge < -0.3 is 14.5 Å². The van der Waals surface area contributed by atoms with E-state index in [1.54, 1.807) is 7.05 Å². The predicted octanol–water partition coefficient (Wildman–Crippen LogP) is 1.32. The number of hydrogen-bond acceptors (Lipinski definition) is 4. The molecule has 3 aromatic heterocycles. The van der Waals surface area contributed by atoms with Gasteiger partial charge in [-0.25, -0.2) is 9.78 Å². The Balaban J connectivity index is 1.31. The van der Waals surface area contributed by atoms with Crippen LogP contribution in [0.3, 0.4) is 0 Å². The summed E-state index contributed by atoms with van der Waals surface area (Å²) in [6, 6.07) is 10.1. The third-order valence-electron chi connectivity index (χ3n) is 6.33. The van der Waals surface area contributed by atoms with E-state index in [0.29, 0.717) is 36.6 Å². The number of likely N-dealkylation sites (tertiary alicyclic amines) is 1. The van der Waals surface area contributed by atoms with Crippen molar-refractivity contribution in [2.24, 2.45) is 14.1 Å². The number of para-hydroxylation sites is 1. The van der Waals surface area contributed by atoms with Crippen LogP contribution in [-0.2, 0) is 25.4 Å². The Morgan fingerprint density at radius 3 is 2.61 bits per heavy atom. The van der Waals surface area contributed by atoms with E-state index in [1.165, 1.54) is 11.6 Å². The van der Waals surface area contributed by atoms with E-state index in [0.717, 1.165) is 28.3 Å². The molecule has 0 unspecified atom stereocenters. The molecular formula is C22H24N6O3. The molecule has 4 heterocycles. The van der Waals surface area contributed by atoms with Crippen molar-refractivity contribution < 1.29 is 4.79 Å². The molecule has 1 aliphatic rings. The highest BCUT2D eigenvalue weighted by molar-refractivity contribution is 5.83. The molecule has 1 aliphatic heterocycles. The summed E-state index contributed by atoms with van der Waals surface area (Å²) in [6.45, 7) is 1.59. The maximum Gasteiger partial charge on any atom is 0.332 e. The van der Waals surface area contributed by atoms with Gasteiger partial charge in [0.05, 0.1) is 0 Å². The molecule has 9 heteroatoms. The number of benzene rings is 1. The third kappa shape index (κ3) is 3.17. The third-order valence-corrected chi connectivity index (χ3v) is 6.33. The van der Waals surface area contributed by atoms with Crippen LogP contribution >= 0.6 is 0 Å². The standard InChI is InChI=1S/C22H24N6O3/c1-25-20-18(21(30)26(2)22(25)31)23-19(24-20)15-8-10-27(11-9-15)17(29)13-28-12-7-14-5-3-4-6-16(14)28/h3-7,12,15H,8-11,13H2,1-2H3,(H,23,24). The summed E-state index contributed by atoms with van der Waals surface area (Å²) in [5.74, 6) is 0.918. The van der Waals surface area contributed by atoms with Crippen molar-refractivity contribution in [2.45, 2.75) is 25.3 Å². The molecule has 1 amide bonds. The lowest BCUT2D eigenvalue weighted by atomic mass is 9.96. The van der Waals surface area contributed by atoms with E-state index in [-0.39, 0.29) is 17.4 Å². The van der Waals surface area contributed by atoms with E-state index >= 15 is 0 Å². The molecule has 0 aliphatic carbocycles. The first-order chi connectivity index (χ1) is 14.9. The van der Waals surface area contributed by atoms with E-state index in [4.69, 9.17) is 0 Å². The molecule has 0 spiro atoms. The van der Waals surface area contributed by atoms with Crippen LogP contribution in [0.2, 0.25) is 0 Å². The van der Waals surface area contributed by atoms with Gasteiger partial charge in [0.15, 0.2) is 5.65 Å². The Labute approximate surface area is 177 Å². The Hall–Kier alpha value is -3.62. The lowest BCUT2D eigenvalue weighted by Gasteiger charge is -2.31. The molecule has 4 aromatic rings. The average molecular weight is 420 g/mol. The minimum atomic E-state index is -0.395. The highest BCUT2D eigenvalue weighted by Crippen LogP contribution is 2.27. The van der Waals surface area contributed by atoms with Crippen LogP contribution in [-0.4, -0.2) is 47.6 Å². The lowest BCUT2D eigenvalue weighted by molar-refractivity contribution is -0.132. The minimum absolute atomic E-state index is 0.0978. The first-order valence-electron chi connectivity index (χ1n) is 10.4. The number of nitrogens with one attached hydrogen (secondary N) is 1. The van der Waals surface area contributed by atoms with Crippen LogP contribution in [0.4, 0.5) is 0 Å². The molecule has 0 atom stereocenters. The van der Waals surface area contributed by atoms with E-state index < -0.39 is 5.69 Å². The first kappa shape index (κ1) is 19.3. The average Bonchev–Trinajstić information content (AvgIpc) is 3.42. The summed E-state index contributed by atoms with van der Waals surface area (Å²) in [4.78, 5) is 47.0. The quantitative estimate of drug-likeness (QED) is 0.541. The Morgan fingerprint density at radius 1 is 1.10 bits per heavy atom. The Kier molecular flexibility index (Phi) is 4.53. The van der Waals surface area contributed by atoms with Gasteiger partial charge >= 0.3 is 5.69 Å². The normalized spacial score (nSPS) is 15.2. The highest BCUT2D eigenvalue weighted by atomic mass is 16.2. The summed E-state index contributed by atoms with van der Waals surface area (Å²) in [5, 5.41) is 1.12. The van der Waals surface area contributed by atoms with Crippen molar-refractivity contribution >= 4 is 28.0 Å². The van der Waals surface area contributed by atoms with Crippen LogP contribution in [0.15, 0.2) is 46.1 Å². The number of carbonyl (C=O) groups is 1. The number of rotatable bonds is 3. The van der Waals surface area contributed by atoms with Gasteiger partial charge in [-0.1, -0.05) is 18.2 Å². The summed E-state index contributed by atoms with van der Waals surface area (Å²) < 4.78 is 4.45. The largest absolute Gasteiger partial charge is 0.341 e. The van der Waals surface area contributed by atoms with Gasteiger partial charge in [-0.3, -0.25) is 18.7 Å². The molecule has 5 rings (SSSR count). The van der Waals surface area contributed by atoms with Gasteiger partial charge in [0.25, 0.3) is 5.56 Å². The van der Waals surface area contributed by atoms with Crippen LogP contribution < -0.4 is 11.2 Å². The number of H-pyrrole nitrogens is 1. The van der Waals surface area contributed by atoms with Gasteiger partial charge in [0, 0.05) is 44.8 Å². The molecule has 0 radical (unpaired) electrons. The number of fused-ring (bicyclic) bond motifs is 2. The molecule has 9 nitrogen and oxygen atoms in total. The summed E-state index contributed by atoms with van der Waals surface area (Å²) >= 11 is 0. The van der Waals surface area contributed by atoms with E-state index in [2.05, 4.69) is 9.97 Å². The number of aryl methyl sites for hydroxylation is 1. The van der Waals surface area contributed by atoms with Gasteiger partial charge in [-0.2, -0.15) is 0 Å². The second-order valence-electron chi connectivity index (χ2n) is 8.18. The van der Waals surface area contributed by atoms with Gasteiger partial charge in [0.2, 0.25) is 5.91 Å². The van der Waals surface area contributed by atoms with E-state index in [9.17, 15) is 14.4 Å². The van der Waals surface area contributed by atoms with Gasteiger partial charge in [-0.15, -0.1) is 0 Å². The lowest BCUT2D eigenvalue weighted by Crippen LogP contribution is -2.39. The van der Waals surface area contributed by atoms with Crippen molar-refractivity contribution in [3.8, 4) is 0 Å². The molecule has 1 N–H and O–H groups in total. The van der Waals surface area contributed by atoms with Gasteiger partial charge in [0.1, 0.15) is 17.9 Å². The fourth-order valence-electron chi connectivity index (χ4n) is 4.46. The van der Waals surface area contributed by atoms with Gasteiger partial charge in [-0.05, 0) is 30.4 Å². The second-order valence-corrected chi connectivity index (χ2v) is 8.18. The first-order valence-corrected chi connectivity index (χ1v) is 10.4. The Morgan fingerprint density at radius 2 is 1.84 bits per heavy atom. The minimum Gasteiger partial charge on any atom is -0.341 e. The number of aromatic nitrogens is 5. The molecule has 1 aromatic carbocycles. The maximum absolute atomic E-state index is 12.9. The van der Waals surface area contributed by atoms with E-state index in [1.807, 2.05) is 46.0 Å². The number of hydrogen-bond donors (Lipinski definition) is 1. The fourth-order valence-corrected chi connectivity index (χ4v) is 4.46. The highest BCUT2D eigenvalue weighted by Gasteiger charge is 2.27. The fraction of sp³-hybridized carbons (Fsp3) is 0.364. The summed E-state index contributed by atoms with van der Waals surface area (Å²) in [5.41, 5.74) is 1.01. The second kappa shape index (κ2) is 7.26. The number of nitrogens with zero attached hydrogens (tertiary/aromatic N) is 5. The predicted molar refractivity (Wildman–Crippen MR) is 117 cm³/mol. The number of aromatic amines is 1. The number of piperidine rings is 1. The van der Waals surface area contributed by atoms with Crippen molar-refractivity contribution in [3.63, 3.8) is 0 Å². The molecule has 1 saturated heterocycles. The van der Waals surface area contributed by atoms with Crippen molar-refractivity contribution in [3.05, 3.63) is 63.2 Å². The van der Waals surface area contributed by atoms with Crippen LogP contribution in [0.5, 0.6) is 0 Å². The van der Waals surface area contributed by atoms with Crippen LogP contribution in [0, 0.1) is 0 Å². The SMILES string of the molecule is Cn1c(=O)c2[nH]c(C3CCN(C(=O)Cn4ccc5ccccc54)CC3)nc2n(C)c1=O. The number of imidazole rings is 1. The smallest absolute Gasteiger partial charge is 0.332 e. The van der Waals surface area contributed by atoms with Crippen molar-refractivity contribution in [1.82, 2.24) is 28.6 Å². The summed E-state index contributed by atoms with van der Waals surface area (Å²) in [7, 11) is 3.07. The monoisotopic (exact) mass is 420 g/mol. The zero-order valence-electron chi connectivity index (χ0n) is 17.5. The molecule has 160 valence electrons. The van der Waals surface area contributed by atoms with Crippen LogP contribution in [0.1, 0.15) is 24.6 Å². The zero-order valence-corrected chi connectivity index (χ0v) is 17.5. The Bertz CT molecular complexity index is 1410. The summed E-state index contributed by atoms with van der Waals surface area (Å²) in [6.07, 6.45) is 3.47. The molecule has 1 fully saturated rings. The molecular weight excluding hydrogens is 396 g/mol. The van der Waals surface area contributed by atoms with Crippen LogP contribution in [0.25, 0.3) is 22.1 Å². The number of carbonyl (C=O) groups excluding carboxylic acids is 1. The van der Waals surface area contributed by atoms with Crippen molar-refractivity contribution in [2.75, 3.05) is 13.1 Å². The molecule has 0 bridgehead atoms. The van der Waals surface area contributed by atoms with Crippen molar-refractivity contribution in [1.29, 1.82) is 0 Å². The molecule has 0 saturated carbocycles. The maximum atomic E-state index is 12.9. The number of amides is 1. The molecule has 31 heavy (non-hydrogen) atoms. The topological polar surface area (TPSA) is 97.9 Å². The zero-order chi connectivity index (χ0) is 21.7.